The number of nitriles is 1. The van der Waals surface area contributed by atoms with Gasteiger partial charge in [0.2, 0.25) is 0 Å². The van der Waals surface area contributed by atoms with E-state index < -0.39 is 0 Å². The van der Waals surface area contributed by atoms with Crippen LogP contribution in [0.3, 0.4) is 0 Å². The minimum Gasteiger partial charge on any atom is -0.497 e. The van der Waals surface area contributed by atoms with Gasteiger partial charge in [0.1, 0.15) is 11.5 Å². The first-order chi connectivity index (χ1) is 13.7. The number of nitrogens with zero attached hydrogens (tertiary/aromatic N) is 1. The molecule has 0 aromatic heterocycles. The topological polar surface area (TPSA) is 71.3 Å². The molecule has 0 spiro atoms. The number of nitrogens with one attached hydrogen (secondary N) is 1. The van der Waals surface area contributed by atoms with E-state index in [1.165, 1.54) is 0 Å². The molecule has 0 unspecified atom stereocenters. The Morgan fingerprint density at radius 3 is 2.29 bits per heavy atom. The Morgan fingerprint density at radius 1 is 0.964 bits per heavy atom. The van der Waals surface area contributed by atoms with Gasteiger partial charge in [-0.25, -0.2) is 0 Å². The van der Waals surface area contributed by atoms with Gasteiger partial charge < -0.3 is 14.8 Å². The van der Waals surface area contributed by atoms with E-state index in [9.17, 15) is 4.79 Å². The second kappa shape index (κ2) is 9.24. The monoisotopic (exact) mass is 372 g/mol. The van der Waals surface area contributed by atoms with Gasteiger partial charge in [0.05, 0.1) is 18.7 Å². The van der Waals surface area contributed by atoms with Gasteiger partial charge >= 0.3 is 0 Å². The van der Waals surface area contributed by atoms with Crippen molar-refractivity contribution in [2.24, 2.45) is 0 Å². The number of carbonyl (C=O) groups excluding carboxylic acids is 1. The second-order valence-electron chi connectivity index (χ2n) is 6.13. The summed E-state index contributed by atoms with van der Waals surface area (Å²) in [5.41, 5.74) is 3.61. The Balaban J connectivity index is 1.50. The number of methoxy groups -OCH3 is 1. The lowest BCUT2D eigenvalue weighted by Gasteiger charge is -2.09. The average Bonchev–Trinajstić information content (AvgIpc) is 2.77. The Hall–Kier alpha value is -3.78. The van der Waals surface area contributed by atoms with Crippen LogP contribution in [0.1, 0.15) is 11.1 Å². The van der Waals surface area contributed by atoms with Crippen LogP contribution < -0.4 is 14.8 Å². The number of rotatable bonds is 7. The van der Waals surface area contributed by atoms with Gasteiger partial charge in [0.15, 0.2) is 6.61 Å². The predicted octanol–water partition coefficient (Wildman–Crippen LogP) is 3.93. The number of hydrogen-bond acceptors (Lipinski definition) is 4. The van der Waals surface area contributed by atoms with Crippen LogP contribution in [0.2, 0.25) is 0 Å². The SMILES string of the molecule is COc1cccc(CNC(=O)COc2ccc(-c3ccc(C#N)cc3)cc2)c1. The van der Waals surface area contributed by atoms with E-state index in [1.54, 1.807) is 19.2 Å². The standard InChI is InChI=1S/C23H20N2O3/c1-27-22-4-2-3-18(13-22)15-25-23(26)16-28-21-11-9-20(10-12-21)19-7-5-17(14-24)6-8-19/h2-13H,15-16H2,1H3,(H,25,26). The fraction of sp³-hybridized carbons (Fsp3) is 0.130. The molecule has 3 aromatic carbocycles. The maximum absolute atomic E-state index is 12.0. The van der Waals surface area contributed by atoms with Crippen molar-refractivity contribution in [3.63, 3.8) is 0 Å². The minimum atomic E-state index is -0.195. The zero-order valence-electron chi connectivity index (χ0n) is 15.5. The molecular weight excluding hydrogens is 352 g/mol. The van der Waals surface area contributed by atoms with Gasteiger partial charge in [-0.3, -0.25) is 4.79 Å². The fourth-order valence-electron chi connectivity index (χ4n) is 2.66. The van der Waals surface area contributed by atoms with Crippen molar-refractivity contribution in [2.75, 3.05) is 13.7 Å². The Kier molecular flexibility index (Phi) is 6.27. The van der Waals surface area contributed by atoms with Crippen molar-refractivity contribution < 1.29 is 14.3 Å². The lowest BCUT2D eigenvalue weighted by atomic mass is 10.0. The van der Waals surface area contributed by atoms with E-state index in [-0.39, 0.29) is 12.5 Å². The van der Waals surface area contributed by atoms with Crippen LogP contribution in [0.5, 0.6) is 11.5 Å². The lowest BCUT2D eigenvalue weighted by Crippen LogP contribution is -2.28. The molecule has 0 fully saturated rings. The van der Waals surface area contributed by atoms with Crippen molar-refractivity contribution >= 4 is 5.91 Å². The third-order valence-corrected chi connectivity index (χ3v) is 4.20. The molecule has 0 saturated carbocycles. The molecule has 1 N–H and O–H groups in total. The van der Waals surface area contributed by atoms with Gasteiger partial charge in [-0.2, -0.15) is 5.26 Å². The zero-order chi connectivity index (χ0) is 19.8. The molecule has 0 radical (unpaired) electrons. The first-order valence-corrected chi connectivity index (χ1v) is 8.81. The van der Waals surface area contributed by atoms with Crippen LogP contribution in [0.15, 0.2) is 72.8 Å². The summed E-state index contributed by atoms with van der Waals surface area (Å²) in [6, 6.07) is 24.5. The Labute approximate surface area is 164 Å². The number of hydrogen-bond donors (Lipinski definition) is 1. The smallest absolute Gasteiger partial charge is 0.258 e. The van der Waals surface area contributed by atoms with Gasteiger partial charge in [0.25, 0.3) is 5.91 Å². The van der Waals surface area contributed by atoms with Crippen LogP contribution in [0.25, 0.3) is 11.1 Å². The number of amides is 1. The van der Waals surface area contributed by atoms with Crippen molar-refractivity contribution in [3.05, 3.63) is 83.9 Å². The fourth-order valence-corrected chi connectivity index (χ4v) is 2.66. The Morgan fingerprint density at radius 2 is 1.64 bits per heavy atom. The van der Waals surface area contributed by atoms with Crippen LogP contribution in [0.4, 0.5) is 0 Å². The molecule has 3 rings (SSSR count). The van der Waals surface area contributed by atoms with Crippen molar-refractivity contribution in [1.82, 2.24) is 5.32 Å². The summed E-state index contributed by atoms with van der Waals surface area (Å²) < 4.78 is 10.7. The molecule has 5 heteroatoms. The summed E-state index contributed by atoms with van der Waals surface area (Å²) in [7, 11) is 1.61. The van der Waals surface area contributed by atoms with Crippen LogP contribution in [0, 0.1) is 11.3 Å². The number of ether oxygens (including phenoxy) is 2. The highest BCUT2D eigenvalue weighted by Gasteiger charge is 2.05. The second-order valence-corrected chi connectivity index (χ2v) is 6.13. The van der Waals surface area contributed by atoms with E-state index in [0.29, 0.717) is 17.9 Å². The highest BCUT2D eigenvalue weighted by atomic mass is 16.5. The normalized spacial score (nSPS) is 10.0. The molecule has 0 atom stereocenters. The molecule has 140 valence electrons. The molecule has 0 aliphatic carbocycles. The van der Waals surface area contributed by atoms with Crippen molar-refractivity contribution in [1.29, 1.82) is 5.26 Å². The van der Waals surface area contributed by atoms with Crippen LogP contribution in [-0.4, -0.2) is 19.6 Å². The third-order valence-electron chi connectivity index (χ3n) is 4.20. The number of benzene rings is 3. The van der Waals surface area contributed by atoms with E-state index in [4.69, 9.17) is 14.7 Å². The summed E-state index contributed by atoms with van der Waals surface area (Å²) in [5, 5.41) is 11.7. The summed E-state index contributed by atoms with van der Waals surface area (Å²) in [6.07, 6.45) is 0. The van der Waals surface area contributed by atoms with Gasteiger partial charge in [0, 0.05) is 6.54 Å². The van der Waals surface area contributed by atoms with Gasteiger partial charge in [-0.15, -0.1) is 0 Å². The van der Waals surface area contributed by atoms with Gasteiger partial charge in [-0.05, 0) is 53.1 Å². The van der Waals surface area contributed by atoms with E-state index in [1.807, 2.05) is 60.7 Å². The molecule has 0 heterocycles. The first kappa shape index (κ1) is 19.0. The zero-order valence-corrected chi connectivity index (χ0v) is 15.5. The van der Waals surface area contributed by atoms with E-state index in [0.717, 1.165) is 22.4 Å². The third kappa shape index (κ3) is 5.12. The highest BCUT2D eigenvalue weighted by Crippen LogP contribution is 2.22. The quantitative estimate of drug-likeness (QED) is 0.682. The molecule has 5 nitrogen and oxygen atoms in total. The summed E-state index contributed by atoms with van der Waals surface area (Å²) in [5.74, 6) is 1.18. The van der Waals surface area contributed by atoms with Gasteiger partial charge in [-0.1, -0.05) is 36.4 Å². The van der Waals surface area contributed by atoms with E-state index >= 15 is 0 Å². The molecule has 3 aromatic rings. The molecule has 0 saturated heterocycles. The van der Waals surface area contributed by atoms with E-state index in [2.05, 4.69) is 11.4 Å². The predicted molar refractivity (Wildman–Crippen MR) is 107 cm³/mol. The largest absolute Gasteiger partial charge is 0.497 e. The Bertz CT molecular complexity index is 974. The molecule has 28 heavy (non-hydrogen) atoms. The lowest BCUT2D eigenvalue weighted by molar-refractivity contribution is -0.123. The average molecular weight is 372 g/mol. The molecule has 0 aliphatic rings. The molecule has 0 aliphatic heterocycles. The summed E-state index contributed by atoms with van der Waals surface area (Å²) >= 11 is 0. The number of carbonyl (C=O) groups is 1. The maximum atomic E-state index is 12.0. The summed E-state index contributed by atoms with van der Waals surface area (Å²) in [6.45, 7) is 0.358. The first-order valence-electron chi connectivity index (χ1n) is 8.81. The maximum Gasteiger partial charge on any atom is 0.258 e. The molecular formula is C23H20N2O3. The highest BCUT2D eigenvalue weighted by molar-refractivity contribution is 5.77. The van der Waals surface area contributed by atoms with Crippen molar-refractivity contribution in [2.45, 2.75) is 6.54 Å². The van der Waals surface area contributed by atoms with Crippen LogP contribution in [-0.2, 0) is 11.3 Å². The minimum absolute atomic E-state index is 0.0554. The van der Waals surface area contributed by atoms with Crippen molar-refractivity contribution in [3.8, 4) is 28.7 Å². The molecule has 1 amide bonds. The van der Waals surface area contributed by atoms with Crippen LogP contribution >= 0.6 is 0 Å². The summed E-state index contributed by atoms with van der Waals surface area (Å²) in [4.78, 5) is 12.0. The molecule has 0 bridgehead atoms.